The Bertz CT molecular complexity index is 412. The summed E-state index contributed by atoms with van der Waals surface area (Å²) in [5, 5.41) is 0. The van der Waals surface area contributed by atoms with Crippen LogP contribution in [0, 0.1) is 0 Å². The third-order valence-corrected chi connectivity index (χ3v) is 3.71. The molecule has 18 heavy (non-hydrogen) atoms. The van der Waals surface area contributed by atoms with Gasteiger partial charge in [0, 0.05) is 31.7 Å². The Labute approximate surface area is 111 Å². The standard InChI is InChI=1S/C15H25N3/c1-11(2)18-10-13-6-5-12(9-17(3)4)7-14(13)15(18)8-16/h5-7,11,15H,8-10,16H2,1-4H3. The molecule has 3 heteroatoms. The Balaban J connectivity index is 2.28. The van der Waals surface area contributed by atoms with E-state index in [0.717, 1.165) is 13.1 Å². The average molecular weight is 247 g/mol. The topological polar surface area (TPSA) is 32.5 Å². The fourth-order valence-electron chi connectivity index (χ4n) is 2.85. The van der Waals surface area contributed by atoms with Crippen LogP contribution >= 0.6 is 0 Å². The second kappa shape index (κ2) is 5.39. The summed E-state index contributed by atoms with van der Waals surface area (Å²) in [4.78, 5) is 4.69. The summed E-state index contributed by atoms with van der Waals surface area (Å²) in [5.74, 6) is 0. The number of nitrogens with zero attached hydrogens (tertiary/aromatic N) is 2. The van der Waals surface area contributed by atoms with Gasteiger partial charge in [0.2, 0.25) is 0 Å². The van der Waals surface area contributed by atoms with Gasteiger partial charge in [0.05, 0.1) is 0 Å². The van der Waals surface area contributed by atoms with Crippen molar-refractivity contribution in [3.05, 3.63) is 34.9 Å². The molecule has 0 amide bonds. The van der Waals surface area contributed by atoms with Crippen LogP contribution in [0.3, 0.4) is 0 Å². The molecule has 2 N–H and O–H groups in total. The van der Waals surface area contributed by atoms with E-state index < -0.39 is 0 Å². The largest absolute Gasteiger partial charge is 0.329 e. The Morgan fingerprint density at radius 1 is 1.39 bits per heavy atom. The van der Waals surface area contributed by atoms with Crippen LogP contribution in [0.5, 0.6) is 0 Å². The molecule has 0 saturated carbocycles. The molecule has 0 aliphatic carbocycles. The molecule has 1 unspecified atom stereocenters. The van der Waals surface area contributed by atoms with Crippen LogP contribution in [0.15, 0.2) is 18.2 Å². The summed E-state index contributed by atoms with van der Waals surface area (Å²) >= 11 is 0. The average Bonchev–Trinajstić information content (AvgIpc) is 2.66. The minimum Gasteiger partial charge on any atom is -0.329 e. The first kappa shape index (κ1) is 13.5. The lowest BCUT2D eigenvalue weighted by Crippen LogP contribution is -2.33. The molecule has 100 valence electrons. The molecule has 1 aliphatic heterocycles. The summed E-state index contributed by atoms with van der Waals surface area (Å²) in [6, 6.07) is 7.80. The second-order valence-electron chi connectivity index (χ2n) is 5.79. The predicted molar refractivity (Wildman–Crippen MR) is 76.3 cm³/mol. The van der Waals surface area contributed by atoms with Crippen LogP contribution in [0.4, 0.5) is 0 Å². The van der Waals surface area contributed by atoms with Gasteiger partial charge in [0.15, 0.2) is 0 Å². The predicted octanol–water partition coefficient (Wildman–Crippen LogP) is 1.97. The third-order valence-electron chi connectivity index (χ3n) is 3.71. The summed E-state index contributed by atoms with van der Waals surface area (Å²) in [6.07, 6.45) is 0. The zero-order chi connectivity index (χ0) is 13.3. The van der Waals surface area contributed by atoms with E-state index >= 15 is 0 Å². The Morgan fingerprint density at radius 3 is 2.67 bits per heavy atom. The van der Waals surface area contributed by atoms with E-state index in [1.807, 2.05) is 0 Å². The zero-order valence-corrected chi connectivity index (χ0v) is 12.0. The van der Waals surface area contributed by atoms with Crippen molar-refractivity contribution in [1.29, 1.82) is 0 Å². The van der Waals surface area contributed by atoms with Crippen molar-refractivity contribution in [2.24, 2.45) is 5.73 Å². The molecule has 0 fully saturated rings. The fourth-order valence-corrected chi connectivity index (χ4v) is 2.85. The maximum absolute atomic E-state index is 5.98. The van der Waals surface area contributed by atoms with Crippen LogP contribution in [0.25, 0.3) is 0 Å². The van der Waals surface area contributed by atoms with E-state index in [2.05, 4.69) is 55.9 Å². The molecule has 0 aromatic heterocycles. The van der Waals surface area contributed by atoms with E-state index in [9.17, 15) is 0 Å². The maximum Gasteiger partial charge on any atom is 0.0480 e. The smallest absolute Gasteiger partial charge is 0.0480 e. The van der Waals surface area contributed by atoms with Crippen molar-refractivity contribution in [1.82, 2.24) is 9.80 Å². The van der Waals surface area contributed by atoms with Gasteiger partial charge in [-0.2, -0.15) is 0 Å². The Morgan fingerprint density at radius 2 is 2.11 bits per heavy atom. The molecular weight excluding hydrogens is 222 g/mol. The number of hydrogen-bond acceptors (Lipinski definition) is 3. The molecule has 1 aliphatic rings. The SMILES string of the molecule is CC(C)N1Cc2ccc(CN(C)C)cc2C1CN. The van der Waals surface area contributed by atoms with Crippen LogP contribution in [-0.4, -0.2) is 36.5 Å². The molecule has 0 radical (unpaired) electrons. The van der Waals surface area contributed by atoms with Crippen molar-refractivity contribution in [3.63, 3.8) is 0 Å². The van der Waals surface area contributed by atoms with Gasteiger partial charge < -0.3 is 10.6 Å². The van der Waals surface area contributed by atoms with Crippen molar-refractivity contribution in [3.8, 4) is 0 Å². The highest BCUT2D eigenvalue weighted by Gasteiger charge is 2.30. The minimum atomic E-state index is 0.391. The van der Waals surface area contributed by atoms with Gasteiger partial charge in [-0.15, -0.1) is 0 Å². The number of nitrogens with two attached hydrogens (primary N) is 1. The summed E-state index contributed by atoms with van der Waals surface area (Å²) in [7, 11) is 4.21. The van der Waals surface area contributed by atoms with Gasteiger partial charge in [-0.25, -0.2) is 0 Å². The highest BCUT2D eigenvalue weighted by Crippen LogP contribution is 2.35. The minimum absolute atomic E-state index is 0.391. The summed E-state index contributed by atoms with van der Waals surface area (Å²) in [6.45, 7) is 7.23. The molecule has 1 aromatic rings. The van der Waals surface area contributed by atoms with Crippen molar-refractivity contribution in [2.75, 3.05) is 20.6 Å². The van der Waals surface area contributed by atoms with Gasteiger partial charge in [0.1, 0.15) is 0 Å². The lowest BCUT2D eigenvalue weighted by molar-refractivity contribution is 0.172. The summed E-state index contributed by atoms with van der Waals surface area (Å²) in [5.41, 5.74) is 10.2. The fraction of sp³-hybridized carbons (Fsp3) is 0.600. The van der Waals surface area contributed by atoms with Gasteiger partial charge >= 0.3 is 0 Å². The molecule has 0 saturated heterocycles. The first-order valence-electron chi connectivity index (χ1n) is 6.75. The highest BCUT2D eigenvalue weighted by molar-refractivity contribution is 5.38. The molecule has 1 aromatic carbocycles. The van der Waals surface area contributed by atoms with E-state index in [1.165, 1.54) is 16.7 Å². The molecule has 1 heterocycles. The molecule has 1 atom stereocenters. The lowest BCUT2D eigenvalue weighted by atomic mass is 10.0. The van der Waals surface area contributed by atoms with Gasteiger partial charge in [-0.3, -0.25) is 4.90 Å². The quantitative estimate of drug-likeness (QED) is 0.883. The third kappa shape index (κ3) is 2.58. The molecule has 2 rings (SSSR count). The van der Waals surface area contributed by atoms with Crippen molar-refractivity contribution < 1.29 is 0 Å². The second-order valence-corrected chi connectivity index (χ2v) is 5.79. The molecular formula is C15H25N3. The Kier molecular flexibility index (Phi) is 4.05. The monoisotopic (exact) mass is 247 g/mol. The van der Waals surface area contributed by atoms with E-state index in [1.54, 1.807) is 0 Å². The van der Waals surface area contributed by atoms with Crippen LogP contribution in [0.1, 0.15) is 36.6 Å². The first-order valence-corrected chi connectivity index (χ1v) is 6.75. The normalized spacial score (nSPS) is 19.8. The number of hydrogen-bond donors (Lipinski definition) is 1. The van der Waals surface area contributed by atoms with Crippen molar-refractivity contribution in [2.45, 2.75) is 39.0 Å². The summed E-state index contributed by atoms with van der Waals surface area (Å²) < 4.78 is 0. The maximum atomic E-state index is 5.98. The molecule has 0 spiro atoms. The zero-order valence-electron chi connectivity index (χ0n) is 12.0. The van der Waals surface area contributed by atoms with Gasteiger partial charge in [0.25, 0.3) is 0 Å². The molecule has 0 bridgehead atoms. The number of benzene rings is 1. The van der Waals surface area contributed by atoms with Crippen LogP contribution in [-0.2, 0) is 13.1 Å². The first-order chi connectivity index (χ1) is 8.52. The van der Waals surface area contributed by atoms with E-state index in [4.69, 9.17) is 5.73 Å². The van der Waals surface area contributed by atoms with Crippen LogP contribution in [0.2, 0.25) is 0 Å². The van der Waals surface area contributed by atoms with Gasteiger partial charge in [-0.05, 0) is 44.6 Å². The number of rotatable bonds is 4. The van der Waals surface area contributed by atoms with E-state index in [-0.39, 0.29) is 0 Å². The lowest BCUT2D eigenvalue weighted by Gasteiger charge is -2.27. The van der Waals surface area contributed by atoms with E-state index in [0.29, 0.717) is 18.6 Å². The van der Waals surface area contributed by atoms with Crippen LogP contribution < -0.4 is 5.73 Å². The Hall–Kier alpha value is -0.900. The molecule has 3 nitrogen and oxygen atoms in total. The van der Waals surface area contributed by atoms with Gasteiger partial charge in [-0.1, -0.05) is 18.2 Å². The highest BCUT2D eigenvalue weighted by atomic mass is 15.2. The number of fused-ring (bicyclic) bond motifs is 1. The van der Waals surface area contributed by atoms with Crippen molar-refractivity contribution >= 4 is 0 Å².